The highest BCUT2D eigenvalue weighted by molar-refractivity contribution is 5.26. The summed E-state index contributed by atoms with van der Waals surface area (Å²) in [7, 11) is 0. The Morgan fingerprint density at radius 2 is 1.85 bits per heavy atom. The molecule has 0 aliphatic heterocycles. The van der Waals surface area contributed by atoms with Crippen molar-refractivity contribution in [1.82, 2.24) is 4.57 Å². The summed E-state index contributed by atoms with van der Waals surface area (Å²) in [5.74, 6) is 0.457. The maximum Gasteiger partial charge on any atom is 0.250 e. The van der Waals surface area contributed by atoms with Gasteiger partial charge in [0.15, 0.2) is 0 Å². The molecule has 20 heavy (non-hydrogen) atoms. The van der Waals surface area contributed by atoms with Crippen LogP contribution in [0.5, 0.6) is 5.75 Å². The molecule has 3 nitrogen and oxygen atoms in total. The van der Waals surface area contributed by atoms with Gasteiger partial charge in [-0.15, -0.1) is 0 Å². The smallest absolute Gasteiger partial charge is 0.250 e. The van der Waals surface area contributed by atoms with E-state index >= 15 is 0 Å². The predicted molar refractivity (Wildman–Crippen MR) is 76.6 cm³/mol. The van der Waals surface area contributed by atoms with E-state index in [1.54, 1.807) is 0 Å². The predicted octanol–water partition coefficient (Wildman–Crippen LogP) is 3.16. The lowest BCUT2D eigenvalue weighted by Crippen LogP contribution is -2.19. The lowest BCUT2D eigenvalue weighted by Gasteiger charge is -2.07. The van der Waals surface area contributed by atoms with E-state index in [2.05, 4.69) is 0 Å². The second kappa shape index (κ2) is 6.89. The monoisotopic (exact) mass is 275 g/mol. The molecule has 0 N–H and O–H groups in total. The Kier molecular flexibility index (Phi) is 4.93. The third-order valence-electron chi connectivity index (χ3n) is 3.03. The van der Waals surface area contributed by atoms with E-state index in [0.29, 0.717) is 13.2 Å². The van der Waals surface area contributed by atoms with Gasteiger partial charge in [-0.25, -0.2) is 4.39 Å². The molecule has 1 heterocycles. The van der Waals surface area contributed by atoms with E-state index in [1.165, 1.54) is 28.5 Å². The molecule has 0 amide bonds. The third-order valence-corrected chi connectivity index (χ3v) is 3.03. The minimum absolute atomic E-state index is 0.175. The fourth-order valence-electron chi connectivity index (χ4n) is 1.89. The van der Waals surface area contributed by atoms with Crippen LogP contribution in [-0.4, -0.2) is 11.2 Å². The Hall–Kier alpha value is -2.10. The zero-order valence-electron chi connectivity index (χ0n) is 11.5. The molecule has 1 aromatic carbocycles. The molecule has 0 saturated heterocycles. The van der Waals surface area contributed by atoms with E-state index in [1.807, 2.05) is 31.2 Å². The Morgan fingerprint density at radius 1 is 1.10 bits per heavy atom. The van der Waals surface area contributed by atoms with Gasteiger partial charge in [0.05, 0.1) is 6.61 Å². The van der Waals surface area contributed by atoms with Crippen LogP contribution in [0, 0.1) is 12.7 Å². The Balaban J connectivity index is 1.73. The zero-order valence-corrected chi connectivity index (χ0v) is 11.5. The molecule has 1 aromatic heterocycles. The summed E-state index contributed by atoms with van der Waals surface area (Å²) >= 11 is 0. The molecular weight excluding hydrogens is 257 g/mol. The van der Waals surface area contributed by atoms with Gasteiger partial charge in [0.2, 0.25) is 0 Å². The van der Waals surface area contributed by atoms with Gasteiger partial charge in [-0.2, -0.15) is 0 Å². The number of unbranched alkanes of at least 4 members (excludes halogenated alkanes) is 1. The number of ether oxygens (including phenoxy) is 1. The number of aryl methyl sites for hydroxylation is 2. The Morgan fingerprint density at radius 3 is 2.60 bits per heavy atom. The van der Waals surface area contributed by atoms with Crippen LogP contribution in [0.15, 0.2) is 47.4 Å². The van der Waals surface area contributed by atoms with Gasteiger partial charge in [-0.05, 0) is 38.0 Å². The number of halogens is 1. The first-order valence-electron chi connectivity index (χ1n) is 6.70. The SMILES string of the molecule is Cc1ccc(OCCCCn2cc(F)ccc2=O)cc1. The summed E-state index contributed by atoms with van der Waals surface area (Å²) in [5.41, 5.74) is 1.02. The average Bonchev–Trinajstić information content (AvgIpc) is 2.44. The van der Waals surface area contributed by atoms with Crippen LogP contribution in [0.4, 0.5) is 4.39 Å². The van der Waals surface area contributed by atoms with Crippen LogP contribution >= 0.6 is 0 Å². The van der Waals surface area contributed by atoms with Crippen LogP contribution in [-0.2, 0) is 6.54 Å². The van der Waals surface area contributed by atoms with Gasteiger partial charge in [-0.1, -0.05) is 17.7 Å². The van der Waals surface area contributed by atoms with E-state index in [-0.39, 0.29) is 11.4 Å². The highest BCUT2D eigenvalue weighted by Crippen LogP contribution is 2.11. The average molecular weight is 275 g/mol. The molecule has 0 atom stereocenters. The maximum absolute atomic E-state index is 13.0. The van der Waals surface area contributed by atoms with Crippen molar-refractivity contribution >= 4 is 0 Å². The van der Waals surface area contributed by atoms with Crippen molar-refractivity contribution in [2.24, 2.45) is 0 Å². The molecule has 2 aromatic rings. The van der Waals surface area contributed by atoms with Crippen molar-refractivity contribution in [2.75, 3.05) is 6.61 Å². The summed E-state index contributed by atoms with van der Waals surface area (Å²) in [5, 5.41) is 0. The molecule has 0 saturated carbocycles. The third kappa shape index (κ3) is 4.23. The maximum atomic E-state index is 13.0. The van der Waals surface area contributed by atoms with Gasteiger partial charge < -0.3 is 9.30 Å². The molecule has 0 spiro atoms. The Bertz CT molecular complexity index is 605. The van der Waals surface area contributed by atoms with E-state index in [9.17, 15) is 9.18 Å². The number of hydrogen-bond donors (Lipinski definition) is 0. The van der Waals surface area contributed by atoms with Crippen LogP contribution in [0.25, 0.3) is 0 Å². The largest absolute Gasteiger partial charge is 0.494 e. The van der Waals surface area contributed by atoms with Gasteiger partial charge >= 0.3 is 0 Å². The van der Waals surface area contributed by atoms with Crippen molar-refractivity contribution in [3.05, 3.63) is 64.3 Å². The Labute approximate surface area is 117 Å². The first-order chi connectivity index (χ1) is 9.65. The fourth-order valence-corrected chi connectivity index (χ4v) is 1.89. The van der Waals surface area contributed by atoms with Gasteiger partial charge in [0, 0.05) is 18.8 Å². The first-order valence-corrected chi connectivity index (χ1v) is 6.70. The lowest BCUT2D eigenvalue weighted by molar-refractivity contribution is 0.302. The van der Waals surface area contributed by atoms with Crippen molar-refractivity contribution in [3.8, 4) is 5.75 Å². The molecule has 0 bridgehead atoms. The molecule has 0 aliphatic carbocycles. The molecule has 106 valence electrons. The number of pyridine rings is 1. The van der Waals surface area contributed by atoms with Crippen molar-refractivity contribution in [3.63, 3.8) is 0 Å². The minimum atomic E-state index is -0.388. The fraction of sp³-hybridized carbons (Fsp3) is 0.312. The standard InChI is InChI=1S/C16H18FNO2/c1-13-4-7-15(8-5-13)20-11-3-2-10-18-12-14(17)6-9-16(18)19/h4-9,12H,2-3,10-11H2,1H3. The van der Waals surface area contributed by atoms with E-state index in [4.69, 9.17) is 4.74 Å². The van der Waals surface area contributed by atoms with E-state index in [0.717, 1.165) is 18.6 Å². The van der Waals surface area contributed by atoms with Crippen LogP contribution in [0.3, 0.4) is 0 Å². The normalized spacial score (nSPS) is 10.5. The molecule has 0 aliphatic rings. The molecule has 2 rings (SSSR count). The second-order valence-corrected chi connectivity index (χ2v) is 4.75. The molecule has 0 radical (unpaired) electrons. The van der Waals surface area contributed by atoms with Crippen molar-refractivity contribution < 1.29 is 9.13 Å². The zero-order chi connectivity index (χ0) is 14.4. The summed E-state index contributed by atoms with van der Waals surface area (Å²) in [6, 6.07) is 10.3. The molecule has 0 unspecified atom stereocenters. The minimum Gasteiger partial charge on any atom is -0.494 e. The van der Waals surface area contributed by atoms with Gasteiger partial charge in [0.1, 0.15) is 11.6 Å². The number of rotatable bonds is 6. The number of nitrogens with zero attached hydrogens (tertiary/aromatic N) is 1. The topological polar surface area (TPSA) is 31.2 Å². The molecule has 4 heteroatoms. The summed E-state index contributed by atoms with van der Waals surface area (Å²) in [6.45, 7) is 3.13. The number of aromatic nitrogens is 1. The quantitative estimate of drug-likeness (QED) is 0.758. The number of benzene rings is 1. The first kappa shape index (κ1) is 14.3. The number of hydrogen-bond acceptors (Lipinski definition) is 2. The van der Waals surface area contributed by atoms with Crippen LogP contribution < -0.4 is 10.3 Å². The van der Waals surface area contributed by atoms with Crippen LogP contribution in [0.2, 0.25) is 0 Å². The van der Waals surface area contributed by atoms with Crippen molar-refractivity contribution in [1.29, 1.82) is 0 Å². The highest BCUT2D eigenvalue weighted by atomic mass is 19.1. The highest BCUT2D eigenvalue weighted by Gasteiger charge is 1.98. The summed E-state index contributed by atoms with van der Waals surface area (Å²) in [4.78, 5) is 11.5. The van der Waals surface area contributed by atoms with Crippen LogP contribution in [0.1, 0.15) is 18.4 Å². The molecule has 0 fully saturated rings. The van der Waals surface area contributed by atoms with Gasteiger partial charge in [-0.3, -0.25) is 4.79 Å². The van der Waals surface area contributed by atoms with Gasteiger partial charge in [0.25, 0.3) is 5.56 Å². The van der Waals surface area contributed by atoms with Crippen molar-refractivity contribution in [2.45, 2.75) is 26.3 Å². The summed E-state index contributed by atoms with van der Waals surface area (Å²) < 4.78 is 20.0. The lowest BCUT2D eigenvalue weighted by atomic mass is 10.2. The second-order valence-electron chi connectivity index (χ2n) is 4.75. The van der Waals surface area contributed by atoms with E-state index < -0.39 is 0 Å². The summed E-state index contributed by atoms with van der Waals surface area (Å²) in [6.07, 6.45) is 2.83. The molecular formula is C16H18FNO2.